The quantitative estimate of drug-likeness (QED) is 0.444. The molecule has 0 saturated carbocycles. The lowest BCUT2D eigenvalue weighted by atomic mass is 10.1. The van der Waals surface area contributed by atoms with E-state index in [1.165, 1.54) is 38.5 Å². The number of halogens is 1. The standard InChI is InChI=1S/C11H21BrO/c1-11(13)9-7-5-3-2-4-6-8-10-12/h2-10H2,1H3. The summed E-state index contributed by atoms with van der Waals surface area (Å²) < 4.78 is 0. The van der Waals surface area contributed by atoms with Crippen molar-refractivity contribution in [2.24, 2.45) is 0 Å². The van der Waals surface area contributed by atoms with Crippen LogP contribution in [-0.4, -0.2) is 11.1 Å². The number of ketones is 1. The van der Waals surface area contributed by atoms with Crippen molar-refractivity contribution in [2.45, 2.75) is 58.3 Å². The third-order valence-corrected chi connectivity index (χ3v) is 2.72. The third kappa shape index (κ3) is 12.1. The first-order valence-electron chi connectivity index (χ1n) is 5.32. The molecule has 0 aromatic rings. The molecule has 0 aliphatic carbocycles. The van der Waals surface area contributed by atoms with Crippen LogP contribution in [0.15, 0.2) is 0 Å². The predicted octanol–water partition coefficient (Wildman–Crippen LogP) is 4.09. The number of rotatable bonds is 9. The van der Waals surface area contributed by atoms with Gasteiger partial charge in [-0.05, 0) is 19.8 Å². The molecule has 2 heteroatoms. The molecule has 0 unspecified atom stereocenters. The Hall–Kier alpha value is 0.150. The Labute approximate surface area is 90.4 Å². The van der Waals surface area contributed by atoms with Gasteiger partial charge in [-0.3, -0.25) is 0 Å². The van der Waals surface area contributed by atoms with Crippen molar-refractivity contribution in [3.8, 4) is 0 Å². The molecular weight excluding hydrogens is 228 g/mol. The fourth-order valence-corrected chi connectivity index (χ4v) is 1.75. The van der Waals surface area contributed by atoms with Crippen molar-refractivity contribution in [1.82, 2.24) is 0 Å². The Balaban J connectivity index is 2.87. The zero-order valence-corrected chi connectivity index (χ0v) is 10.2. The molecule has 0 rings (SSSR count). The van der Waals surface area contributed by atoms with E-state index in [0.29, 0.717) is 5.78 Å². The van der Waals surface area contributed by atoms with Crippen LogP contribution in [0.1, 0.15) is 58.3 Å². The number of Topliss-reactive ketones (excluding diaryl/α,β-unsaturated/α-hetero) is 1. The molecule has 0 aromatic carbocycles. The molecule has 0 amide bonds. The van der Waals surface area contributed by atoms with E-state index in [1.54, 1.807) is 6.92 Å². The van der Waals surface area contributed by atoms with Gasteiger partial charge in [0.2, 0.25) is 0 Å². The summed E-state index contributed by atoms with van der Waals surface area (Å²) in [6.45, 7) is 1.68. The van der Waals surface area contributed by atoms with Crippen LogP contribution in [0.25, 0.3) is 0 Å². The van der Waals surface area contributed by atoms with Gasteiger partial charge in [-0.25, -0.2) is 0 Å². The van der Waals surface area contributed by atoms with Gasteiger partial charge in [-0.2, -0.15) is 0 Å². The van der Waals surface area contributed by atoms with Crippen molar-refractivity contribution in [3.63, 3.8) is 0 Å². The topological polar surface area (TPSA) is 17.1 Å². The second-order valence-corrected chi connectivity index (χ2v) is 4.41. The molecular formula is C11H21BrO. The summed E-state index contributed by atoms with van der Waals surface area (Å²) in [5.41, 5.74) is 0. The van der Waals surface area contributed by atoms with Gasteiger partial charge in [0.25, 0.3) is 0 Å². The molecule has 0 N–H and O–H groups in total. The van der Waals surface area contributed by atoms with E-state index in [4.69, 9.17) is 0 Å². The molecule has 0 aliphatic heterocycles. The molecule has 0 aliphatic rings. The van der Waals surface area contributed by atoms with Crippen LogP contribution < -0.4 is 0 Å². The van der Waals surface area contributed by atoms with E-state index in [9.17, 15) is 4.79 Å². The largest absolute Gasteiger partial charge is 0.300 e. The van der Waals surface area contributed by atoms with Crippen molar-refractivity contribution in [1.29, 1.82) is 0 Å². The average Bonchev–Trinajstić information content (AvgIpc) is 2.09. The van der Waals surface area contributed by atoms with Gasteiger partial charge in [0.1, 0.15) is 5.78 Å². The summed E-state index contributed by atoms with van der Waals surface area (Å²) in [5.74, 6) is 0.333. The minimum atomic E-state index is 0.333. The van der Waals surface area contributed by atoms with Gasteiger partial charge in [0.05, 0.1) is 0 Å². The number of unbranched alkanes of at least 4 members (excludes halogenated alkanes) is 6. The van der Waals surface area contributed by atoms with Crippen LogP contribution in [-0.2, 0) is 4.79 Å². The third-order valence-electron chi connectivity index (χ3n) is 2.16. The first-order valence-corrected chi connectivity index (χ1v) is 6.45. The number of carbonyl (C=O) groups is 1. The minimum Gasteiger partial charge on any atom is -0.300 e. The molecule has 0 atom stereocenters. The van der Waals surface area contributed by atoms with Crippen LogP contribution in [0.4, 0.5) is 0 Å². The summed E-state index contributed by atoms with van der Waals surface area (Å²) >= 11 is 3.42. The van der Waals surface area contributed by atoms with Gasteiger partial charge in [-0.15, -0.1) is 0 Å². The van der Waals surface area contributed by atoms with Crippen LogP contribution in [0.2, 0.25) is 0 Å². The highest BCUT2D eigenvalue weighted by Crippen LogP contribution is 2.09. The van der Waals surface area contributed by atoms with Crippen LogP contribution >= 0.6 is 15.9 Å². The zero-order chi connectivity index (χ0) is 9.94. The highest BCUT2D eigenvalue weighted by Gasteiger charge is 1.94. The fourth-order valence-electron chi connectivity index (χ4n) is 1.35. The maximum Gasteiger partial charge on any atom is 0.129 e. The van der Waals surface area contributed by atoms with Gasteiger partial charge in [-0.1, -0.05) is 48.0 Å². The minimum absolute atomic E-state index is 0.333. The van der Waals surface area contributed by atoms with Gasteiger partial charge >= 0.3 is 0 Å². The van der Waals surface area contributed by atoms with E-state index >= 15 is 0 Å². The summed E-state index contributed by atoms with van der Waals surface area (Å²) in [5, 5.41) is 1.14. The molecule has 78 valence electrons. The van der Waals surface area contributed by atoms with E-state index in [0.717, 1.165) is 18.2 Å². The van der Waals surface area contributed by atoms with E-state index in [1.807, 2.05) is 0 Å². The van der Waals surface area contributed by atoms with Gasteiger partial charge in [0, 0.05) is 11.8 Å². The molecule has 0 fully saturated rings. The maximum absolute atomic E-state index is 10.6. The summed E-state index contributed by atoms with van der Waals surface area (Å²) in [6.07, 6.45) is 9.74. The molecule has 13 heavy (non-hydrogen) atoms. The molecule has 0 heterocycles. The first-order chi connectivity index (χ1) is 6.27. The molecule has 0 spiro atoms. The van der Waals surface area contributed by atoms with Crippen molar-refractivity contribution >= 4 is 21.7 Å². The Morgan fingerprint density at radius 1 is 0.923 bits per heavy atom. The molecule has 0 saturated heterocycles. The van der Waals surface area contributed by atoms with Crippen LogP contribution in [0.3, 0.4) is 0 Å². The Bertz CT molecular complexity index is 123. The lowest BCUT2D eigenvalue weighted by Crippen LogP contribution is -1.89. The number of hydrogen-bond donors (Lipinski definition) is 0. The number of carbonyl (C=O) groups excluding carboxylic acids is 1. The number of hydrogen-bond acceptors (Lipinski definition) is 1. The molecule has 0 radical (unpaired) electrons. The lowest BCUT2D eigenvalue weighted by molar-refractivity contribution is -0.117. The van der Waals surface area contributed by atoms with Crippen molar-refractivity contribution < 1.29 is 4.79 Å². The SMILES string of the molecule is CC(=O)CCCCCCCCCBr. The van der Waals surface area contributed by atoms with E-state index in [2.05, 4.69) is 15.9 Å². The van der Waals surface area contributed by atoms with Crippen LogP contribution in [0, 0.1) is 0 Å². The summed E-state index contributed by atoms with van der Waals surface area (Å²) in [4.78, 5) is 10.6. The molecule has 1 nitrogen and oxygen atoms in total. The molecule has 0 bridgehead atoms. The monoisotopic (exact) mass is 248 g/mol. The zero-order valence-electron chi connectivity index (χ0n) is 8.65. The normalized spacial score (nSPS) is 10.3. The van der Waals surface area contributed by atoms with Crippen molar-refractivity contribution in [3.05, 3.63) is 0 Å². The summed E-state index contributed by atoms with van der Waals surface area (Å²) in [6, 6.07) is 0. The maximum atomic E-state index is 10.6. The smallest absolute Gasteiger partial charge is 0.129 e. The van der Waals surface area contributed by atoms with Crippen molar-refractivity contribution in [2.75, 3.05) is 5.33 Å². The Kier molecular flexibility index (Phi) is 10.4. The lowest BCUT2D eigenvalue weighted by Gasteiger charge is -1.99. The number of alkyl halides is 1. The Morgan fingerprint density at radius 2 is 1.38 bits per heavy atom. The Morgan fingerprint density at radius 3 is 1.85 bits per heavy atom. The second-order valence-electron chi connectivity index (χ2n) is 3.62. The molecule has 0 aromatic heterocycles. The average molecular weight is 249 g/mol. The predicted molar refractivity (Wildman–Crippen MR) is 61.4 cm³/mol. The highest BCUT2D eigenvalue weighted by atomic mass is 79.9. The highest BCUT2D eigenvalue weighted by molar-refractivity contribution is 9.09. The van der Waals surface area contributed by atoms with Crippen LogP contribution in [0.5, 0.6) is 0 Å². The van der Waals surface area contributed by atoms with Gasteiger partial charge < -0.3 is 4.79 Å². The van der Waals surface area contributed by atoms with Gasteiger partial charge in [0.15, 0.2) is 0 Å². The first kappa shape index (κ1) is 13.2. The summed E-state index contributed by atoms with van der Waals surface area (Å²) in [7, 11) is 0. The second kappa shape index (κ2) is 10.2. The van der Waals surface area contributed by atoms with E-state index < -0.39 is 0 Å². The van der Waals surface area contributed by atoms with E-state index in [-0.39, 0.29) is 0 Å². The fraction of sp³-hybridized carbons (Fsp3) is 0.909.